The number of hydrogen-bond donors (Lipinski definition) is 0. The SMILES string of the molecule is [2H]c1c([2H])c([2H])c(Cc2c([2H])c([2H])c3c4c(c([2H])c([2H])c([2H])c24)-c2c([2H])c(-c4c([2H])c([2H])c([2H])c(Cc5c([2H])c([2H])c6c([2H])c([2H])c7c([2H])c([2H])c([2H])c8c([2H])c([2H])c5c6c78)c4[2H])c([2H])c([2H])c2S3)c([2H])c1[2H]. The van der Waals surface area contributed by atoms with Crippen LogP contribution in [0.2, 0.25) is 0 Å². The fraction of sp³-hybridized carbons (Fsp3) is 0.0435. The van der Waals surface area contributed by atoms with Gasteiger partial charge in [0.25, 0.3) is 0 Å². The maximum absolute atomic E-state index is 9.76. The summed E-state index contributed by atoms with van der Waals surface area (Å²) in [4.78, 5) is -0.331. The second-order valence-corrected chi connectivity index (χ2v) is 11.8. The van der Waals surface area contributed by atoms with Crippen molar-refractivity contribution in [3.8, 4) is 22.3 Å². The molecule has 0 atom stereocenters. The van der Waals surface area contributed by atoms with Crippen molar-refractivity contribution in [2.45, 2.75) is 22.6 Å². The molecule has 0 amide bonds. The van der Waals surface area contributed by atoms with Crippen LogP contribution < -0.4 is 0 Å². The van der Waals surface area contributed by atoms with Gasteiger partial charge in [-0.05, 0) is 113 Å². The van der Waals surface area contributed by atoms with Gasteiger partial charge in [-0.15, -0.1) is 0 Å². The van der Waals surface area contributed by atoms with E-state index in [0.29, 0.717) is 11.8 Å². The minimum Gasteiger partial charge on any atom is -0.0888 e. The first-order chi connectivity index (χ1) is 34.1. The van der Waals surface area contributed by atoms with Crippen LogP contribution in [-0.4, -0.2) is 0 Å². The zero-order valence-corrected chi connectivity index (χ0v) is 24.6. The summed E-state index contributed by atoms with van der Waals surface area (Å²) in [6, 6.07) is -17.9. The molecule has 0 fully saturated rings. The molecule has 1 heterocycles. The monoisotopic (exact) mass is 640 g/mol. The molecule has 0 unspecified atom stereocenters. The van der Waals surface area contributed by atoms with Crippen molar-refractivity contribution in [3.05, 3.63) is 179 Å². The highest BCUT2D eigenvalue weighted by molar-refractivity contribution is 7.99. The van der Waals surface area contributed by atoms with Crippen molar-refractivity contribution < 1.29 is 35.6 Å². The quantitative estimate of drug-likeness (QED) is 0.169. The van der Waals surface area contributed by atoms with Gasteiger partial charge in [0.15, 0.2) is 0 Å². The maximum Gasteiger partial charge on any atom is 0.0636 e. The summed E-state index contributed by atoms with van der Waals surface area (Å²) in [5, 5.41) is -1.92. The average Bonchev–Trinajstić information content (AvgIpc) is 3.35. The molecule has 9 aromatic carbocycles. The minimum atomic E-state index is -0.868. The molecule has 10 rings (SSSR count). The van der Waals surface area contributed by atoms with Crippen LogP contribution in [0.3, 0.4) is 0 Å². The molecule has 0 saturated heterocycles. The summed E-state index contributed by atoms with van der Waals surface area (Å²) in [6.45, 7) is 0. The van der Waals surface area contributed by atoms with Crippen LogP contribution in [0.5, 0.6) is 0 Å². The van der Waals surface area contributed by atoms with Gasteiger partial charge in [-0.3, -0.25) is 0 Å². The summed E-state index contributed by atoms with van der Waals surface area (Å²) in [5.74, 6) is 0. The first-order valence-electron chi connectivity index (χ1n) is 27.3. The predicted octanol–water partition coefficient (Wildman–Crippen LogP) is 12.7. The highest BCUT2D eigenvalue weighted by Gasteiger charge is 2.21. The van der Waals surface area contributed by atoms with Gasteiger partial charge < -0.3 is 0 Å². The fourth-order valence-electron chi connectivity index (χ4n) is 5.95. The van der Waals surface area contributed by atoms with Gasteiger partial charge in [-0.2, -0.15) is 0 Å². The van der Waals surface area contributed by atoms with E-state index < -0.39 is 187 Å². The third kappa shape index (κ3) is 4.38. The lowest BCUT2D eigenvalue weighted by Crippen LogP contribution is -1.97. The normalized spacial score (nSPS) is 20.1. The molecule has 1 aliphatic rings. The van der Waals surface area contributed by atoms with Crippen LogP contribution in [0.25, 0.3) is 65.3 Å². The van der Waals surface area contributed by atoms with Crippen molar-refractivity contribution >= 4 is 54.9 Å². The predicted molar refractivity (Wildman–Crippen MR) is 201 cm³/mol. The fourth-order valence-corrected chi connectivity index (χ4v) is 6.92. The Morgan fingerprint density at radius 1 is 0.404 bits per heavy atom. The lowest BCUT2D eigenvalue weighted by atomic mass is 9.89. The molecule has 0 nitrogen and oxygen atoms in total. The first-order valence-corrected chi connectivity index (χ1v) is 15.1. The van der Waals surface area contributed by atoms with Crippen LogP contribution in [-0.2, 0) is 12.8 Å². The van der Waals surface area contributed by atoms with E-state index in [9.17, 15) is 9.60 Å². The topological polar surface area (TPSA) is 0 Å². The van der Waals surface area contributed by atoms with Crippen LogP contribution in [0, 0.1) is 0 Å². The molecule has 47 heavy (non-hydrogen) atoms. The molecule has 0 radical (unpaired) electrons. The van der Waals surface area contributed by atoms with Gasteiger partial charge in [0.1, 0.15) is 0 Å². The molecule has 1 aliphatic heterocycles. The smallest absolute Gasteiger partial charge is 0.0636 e. The van der Waals surface area contributed by atoms with E-state index in [1.54, 1.807) is 0 Å². The molecule has 0 aromatic heterocycles. The Labute approximate surface area is 315 Å². The second-order valence-electron chi connectivity index (χ2n) is 10.8. The molecule has 0 bridgehead atoms. The van der Waals surface area contributed by atoms with Crippen LogP contribution in [0.15, 0.2) is 167 Å². The summed E-state index contributed by atoms with van der Waals surface area (Å²) in [7, 11) is 0. The molecule has 0 N–H and O–H groups in total. The van der Waals surface area contributed by atoms with E-state index in [2.05, 4.69) is 0 Å². The molecular weight excluding hydrogens is 585 g/mol. The Morgan fingerprint density at radius 2 is 1.04 bits per heavy atom. The van der Waals surface area contributed by atoms with E-state index in [1.165, 1.54) is 0 Å². The molecule has 220 valence electrons. The third-order valence-electron chi connectivity index (χ3n) is 8.04. The van der Waals surface area contributed by atoms with Gasteiger partial charge in [0, 0.05) is 15.2 Å². The second kappa shape index (κ2) is 10.6. The number of benzene rings is 9. The van der Waals surface area contributed by atoms with Crippen LogP contribution in [0.1, 0.15) is 57.9 Å². The first kappa shape index (κ1) is 11.7. The zero-order valence-electron chi connectivity index (χ0n) is 49.8. The average molecular weight is 641 g/mol. The lowest BCUT2D eigenvalue weighted by molar-refractivity contribution is 1.20. The molecule has 0 saturated carbocycles. The summed E-state index contributed by atoms with van der Waals surface area (Å²) in [6.07, 6.45) is -1.38. The van der Waals surface area contributed by atoms with E-state index in [1.807, 2.05) is 0 Å². The summed E-state index contributed by atoms with van der Waals surface area (Å²) < 4.78 is 232. The number of rotatable bonds is 5. The third-order valence-corrected chi connectivity index (χ3v) is 9.06. The number of hydrogen-bond acceptors (Lipinski definition) is 1. The molecule has 0 aliphatic carbocycles. The van der Waals surface area contributed by atoms with Crippen molar-refractivity contribution in [1.29, 1.82) is 0 Å². The van der Waals surface area contributed by atoms with Gasteiger partial charge in [-0.25, -0.2) is 0 Å². The Balaban J connectivity index is 1.26. The van der Waals surface area contributed by atoms with E-state index >= 15 is 0 Å². The zero-order chi connectivity index (χ0) is 53.5. The molecule has 1 heteroatoms. The molecule has 0 spiro atoms. The minimum absolute atomic E-state index is 0.113. The highest BCUT2D eigenvalue weighted by atomic mass is 32.2. The van der Waals surface area contributed by atoms with Crippen LogP contribution in [0.4, 0.5) is 0 Å². The number of fused-ring (bicyclic) bond motifs is 2. The standard InChI is InChI=1S/C46H30S/c1-2-7-29(8-3-1)25-37-21-24-43-46-38(37)13-6-14-40(46)41-28-35(20-23-42(41)47-43)34-12-4-9-30(26-34)27-36-18-17-33-16-15-31-10-5-11-32-19-22-39(36)45(33)44(31)32/h1-24,26,28H,25,27H2/i1D,2D,3D,4D,5D,6D,7D,8D,9D,10D,11D,12D,13D,14D,15D,16D,17D,18D,19D,20D,21D,22D,23D,24D,26D,28D. The van der Waals surface area contributed by atoms with Crippen molar-refractivity contribution in [3.63, 3.8) is 0 Å². The largest absolute Gasteiger partial charge is 0.0888 e. The van der Waals surface area contributed by atoms with Crippen LogP contribution >= 0.6 is 11.8 Å². The van der Waals surface area contributed by atoms with E-state index in [-0.39, 0.29) is 80.7 Å². The highest BCUT2D eigenvalue weighted by Crippen LogP contribution is 2.49. The van der Waals surface area contributed by atoms with Gasteiger partial charge in [0.2, 0.25) is 0 Å². The van der Waals surface area contributed by atoms with Crippen molar-refractivity contribution in [2.75, 3.05) is 0 Å². The Kier molecular flexibility index (Phi) is 2.64. The van der Waals surface area contributed by atoms with Crippen molar-refractivity contribution in [2.24, 2.45) is 0 Å². The Hall–Kier alpha value is -5.37. The Morgan fingerprint density at radius 3 is 1.91 bits per heavy atom. The van der Waals surface area contributed by atoms with E-state index in [4.69, 9.17) is 26.0 Å². The van der Waals surface area contributed by atoms with Gasteiger partial charge in [-0.1, -0.05) is 151 Å². The summed E-state index contributed by atoms with van der Waals surface area (Å²) >= 11 is 0.645. The van der Waals surface area contributed by atoms with Gasteiger partial charge >= 0.3 is 0 Å². The van der Waals surface area contributed by atoms with E-state index in [0.717, 1.165) is 0 Å². The molecular formula is C46H30S. The van der Waals surface area contributed by atoms with Gasteiger partial charge in [0.05, 0.1) is 35.6 Å². The Bertz CT molecular complexity index is 4070. The lowest BCUT2D eigenvalue weighted by Gasteiger charge is -2.22. The maximum atomic E-state index is 9.76. The summed E-state index contributed by atoms with van der Waals surface area (Å²) in [5.41, 5.74) is -3.21. The van der Waals surface area contributed by atoms with Crippen molar-refractivity contribution in [1.82, 2.24) is 0 Å². The molecule has 9 aromatic rings.